The molecule has 0 atom stereocenters. The number of rotatable bonds is 0. The Morgan fingerprint density at radius 3 is 3.00 bits per heavy atom. The summed E-state index contributed by atoms with van der Waals surface area (Å²) >= 11 is 0. The highest BCUT2D eigenvalue weighted by molar-refractivity contribution is 5.34. The van der Waals surface area contributed by atoms with Gasteiger partial charge < -0.3 is 0 Å². The van der Waals surface area contributed by atoms with Crippen LogP contribution < -0.4 is 10.1 Å². The zero-order valence-electron chi connectivity index (χ0n) is 7.56. The Balaban J connectivity index is 3.03. The molecule has 0 aliphatic heterocycles. The van der Waals surface area contributed by atoms with E-state index in [1.807, 2.05) is 12.1 Å². The van der Waals surface area contributed by atoms with Crippen LogP contribution in [0.1, 0.15) is 5.82 Å². The lowest BCUT2D eigenvalue weighted by Crippen LogP contribution is -2.38. The molecule has 0 radical (unpaired) electrons. The predicted molar refractivity (Wildman–Crippen MR) is 47.4 cm³/mol. The molecule has 0 N–H and O–H groups in total. The first-order chi connectivity index (χ1) is 6.20. The van der Waals surface area contributed by atoms with Gasteiger partial charge in [0.25, 0.3) is 0 Å². The van der Waals surface area contributed by atoms with Gasteiger partial charge >= 0.3 is 11.1 Å². The van der Waals surface area contributed by atoms with Gasteiger partial charge in [0, 0.05) is 31.2 Å². The van der Waals surface area contributed by atoms with Crippen molar-refractivity contribution in [1.29, 1.82) is 0 Å². The summed E-state index contributed by atoms with van der Waals surface area (Å²) in [7, 11) is 1.72. The van der Waals surface area contributed by atoms with Crippen LogP contribution in [0.2, 0.25) is 0 Å². The monoisotopic (exact) mass is 176 g/mol. The van der Waals surface area contributed by atoms with Gasteiger partial charge in [-0.15, -0.1) is 0 Å². The molecular formula is C9H10N3O+. The van der Waals surface area contributed by atoms with Crippen LogP contribution in [0.4, 0.5) is 0 Å². The van der Waals surface area contributed by atoms with Crippen LogP contribution in [0.3, 0.4) is 0 Å². The summed E-state index contributed by atoms with van der Waals surface area (Å²) in [6.07, 6.45) is 1.77. The summed E-state index contributed by atoms with van der Waals surface area (Å²) in [5.41, 5.74) is 0.573. The predicted octanol–water partition coefficient (Wildman–Crippen LogP) is -0.173. The number of nitrogens with zero attached hydrogens (tertiary/aromatic N) is 3. The van der Waals surface area contributed by atoms with Crippen LogP contribution in [-0.2, 0) is 7.05 Å². The first kappa shape index (κ1) is 7.91. The van der Waals surface area contributed by atoms with Crippen molar-refractivity contribution in [1.82, 2.24) is 9.67 Å². The molecule has 0 amide bonds. The number of hydrogen-bond donors (Lipinski definition) is 0. The number of hydrogen-bond acceptors (Lipinski definition) is 2. The molecule has 0 fully saturated rings. The quantitative estimate of drug-likeness (QED) is 0.523. The molecule has 0 unspecified atom stereocenters. The van der Waals surface area contributed by atoms with E-state index in [1.54, 1.807) is 30.8 Å². The minimum Gasteiger partial charge on any atom is -0.289 e. The first-order valence-corrected chi connectivity index (χ1v) is 4.04. The molecular weight excluding hydrogens is 166 g/mol. The minimum absolute atomic E-state index is 0.0203. The van der Waals surface area contributed by atoms with Gasteiger partial charge in [-0.05, 0) is 10.6 Å². The number of aryl methyl sites for hydroxylation is 1. The van der Waals surface area contributed by atoms with Crippen molar-refractivity contribution in [2.75, 3.05) is 0 Å². The third-order valence-electron chi connectivity index (χ3n) is 2.10. The van der Waals surface area contributed by atoms with Crippen molar-refractivity contribution >= 4 is 5.52 Å². The average molecular weight is 176 g/mol. The molecule has 2 aromatic heterocycles. The van der Waals surface area contributed by atoms with E-state index in [9.17, 15) is 4.79 Å². The SMILES string of the molecule is Cc1n[n+]2ccccc2c(=O)n1C. The van der Waals surface area contributed by atoms with Gasteiger partial charge in [-0.25, -0.2) is 0 Å². The molecule has 66 valence electrons. The van der Waals surface area contributed by atoms with Crippen molar-refractivity contribution < 1.29 is 4.52 Å². The third kappa shape index (κ3) is 1.11. The highest BCUT2D eigenvalue weighted by Crippen LogP contribution is 1.88. The summed E-state index contributed by atoms with van der Waals surface area (Å²) in [5.74, 6) is 0.703. The maximum Gasteiger partial charge on any atom is 0.326 e. The normalized spacial score (nSPS) is 10.6. The van der Waals surface area contributed by atoms with Crippen LogP contribution in [-0.4, -0.2) is 9.67 Å². The molecule has 2 rings (SSSR count). The standard InChI is InChI=1S/C9H10N3O/c1-7-10-12-6-4-3-5-8(12)9(13)11(7)2/h3-6H,1-2H3/q+1. The van der Waals surface area contributed by atoms with Crippen LogP contribution in [0.25, 0.3) is 5.52 Å². The summed E-state index contributed by atoms with van der Waals surface area (Å²) < 4.78 is 3.13. The lowest BCUT2D eigenvalue weighted by atomic mass is 10.4. The highest BCUT2D eigenvalue weighted by Gasteiger charge is 2.10. The van der Waals surface area contributed by atoms with Gasteiger partial charge in [0.2, 0.25) is 6.20 Å². The summed E-state index contributed by atoms with van der Waals surface area (Å²) in [4.78, 5) is 11.7. The zero-order chi connectivity index (χ0) is 9.42. The summed E-state index contributed by atoms with van der Waals surface area (Å²) in [6.45, 7) is 1.81. The van der Waals surface area contributed by atoms with Crippen molar-refractivity contribution in [2.24, 2.45) is 7.05 Å². The van der Waals surface area contributed by atoms with Gasteiger partial charge in [0.05, 0.1) is 0 Å². The summed E-state index contributed by atoms with van der Waals surface area (Å²) in [5, 5.41) is 4.22. The fourth-order valence-electron chi connectivity index (χ4n) is 1.23. The molecule has 0 saturated carbocycles. The zero-order valence-corrected chi connectivity index (χ0v) is 7.56. The average Bonchev–Trinajstić information content (AvgIpc) is 2.15. The smallest absolute Gasteiger partial charge is 0.289 e. The van der Waals surface area contributed by atoms with Crippen molar-refractivity contribution in [3.8, 4) is 0 Å². The van der Waals surface area contributed by atoms with E-state index >= 15 is 0 Å². The lowest BCUT2D eigenvalue weighted by Gasteiger charge is -1.97. The fraction of sp³-hybridized carbons (Fsp3) is 0.222. The Morgan fingerprint density at radius 2 is 2.23 bits per heavy atom. The Kier molecular flexibility index (Phi) is 1.62. The topological polar surface area (TPSA) is 39.0 Å². The second-order valence-corrected chi connectivity index (χ2v) is 2.94. The van der Waals surface area contributed by atoms with E-state index in [0.717, 1.165) is 0 Å². The molecule has 0 aromatic carbocycles. The molecule has 4 nitrogen and oxygen atoms in total. The molecule has 13 heavy (non-hydrogen) atoms. The lowest BCUT2D eigenvalue weighted by molar-refractivity contribution is -0.583. The third-order valence-corrected chi connectivity index (χ3v) is 2.10. The maximum absolute atomic E-state index is 11.7. The Hall–Kier alpha value is -1.71. The molecule has 0 saturated heterocycles. The van der Waals surface area contributed by atoms with Crippen LogP contribution in [0.5, 0.6) is 0 Å². The van der Waals surface area contributed by atoms with Crippen molar-refractivity contribution in [2.45, 2.75) is 6.92 Å². The largest absolute Gasteiger partial charge is 0.326 e. The molecule has 2 heterocycles. The second-order valence-electron chi connectivity index (χ2n) is 2.94. The van der Waals surface area contributed by atoms with E-state index in [0.29, 0.717) is 11.3 Å². The van der Waals surface area contributed by atoms with Gasteiger partial charge in [-0.2, -0.15) is 0 Å². The molecule has 0 aliphatic carbocycles. The Bertz CT molecular complexity index is 516. The molecule has 2 aromatic rings. The van der Waals surface area contributed by atoms with Crippen LogP contribution in [0.15, 0.2) is 29.2 Å². The molecule has 0 bridgehead atoms. The second kappa shape index (κ2) is 2.65. The molecule has 4 heteroatoms. The van der Waals surface area contributed by atoms with E-state index in [4.69, 9.17) is 0 Å². The van der Waals surface area contributed by atoms with Gasteiger partial charge in [-0.1, -0.05) is 0 Å². The fourth-order valence-corrected chi connectivity index (χ4v) is 1.23. The minimum atomic E-state index is -0.0203. The van der Waals surface area contributed by atoms with Gasteiger partial charge in [0.1, 0.15) is 0 Å². The van der Waals surface area contributed by atoms with Crippen molar-refractivity contribution in [3.05, 3.63) is 40.6 Å². The Morgan fingerprint density at radius 1 is 1.46 bits per heavy atom. The number of fused-ring (bicyclic) bond motifs is 1. The van der Waals surface area contributed by atoms with E-state index < -0.39 is 0 Å². The number of pyridine rings is 1. The van der Waals surface area contributed by atoms with Gasteiger partial charge in [0.15, 0.2) is 5.82 Å². The molecule has 0 spiro atoms. The first-order valence-electron chi connectivity index (χ1n) is 4.04. The van der Waals surface area contributed by atoms with E-state index in [1.165, 1.54) is 4.57 Å². The highest BCUT2D eigenvalue weighted by atomic mass is 16.1. The van der Waals surface area contributed by atoms with Crippen LogP contribution in [0, 0.1) is 6.92 Å². The van der Waals surface area contributed by atoms with Gasteiger partial charge in [-0.3, -0.25) is 9.36 Å². The Labute approximate surface area is 75.1 Å². The van der Waals surface area contributed by atoms with E-state index in [2.05, 4.69) is 5.10 Å². The summed E-state index contributed by atoms with van der Waals surface area (Å²) in [6, 6.07) is 5.43. The maximum atomic E-state index is 11.7. The number of aromatic nitrogens is 3. The van der Waals surface area contributed by atoms with E-state index in [-0.39, 0.29) is 5.56 Å². The van der Waals surface area contributed by atoms with Crippen molar-refractivity contribution in [3.63, 3.8) is 0 Å². The molecule has 0 aliphatic rings. The van der Waals surface area contributed by atoms with Crippen LogP contribution >= 0.6 is 0 Å².